The summed E-state index contributed by atoms with van der Waals surface area (Å²) in [7, 11) is 3.56. The molecule has 1 radical (unpaired) electrons. The second kappa shape index (κ2) is 12.6. The molecule has 3 aromatic carbocycles. The van der Waals surface area contributed by atoms with Crippen LogP contribution in [-0.4, -0.2) is 24.2 Å². The van der Waals surface area contributed by atoms with Crippen LogP contribution in [0.4, 0.5) is 0 Å². The van der Waals surface area contributed by atoms with Gasteiger partial charge in [0.1, 0.15) is 11.5 Å². The van der Waals surface area contributed by atoms with Gasteiger partial charge in [0.2, 0.25) is 0 Å². The zero-order valence-electron chi connectivity index (χ0n) is 30.8. The number of rotatable bonds is 4. The van der Waals surface area contributed by atoms with Gasteiger partial charge >= 0.3 is 0 Å². The Kier molecular flexibility index (Phi) is 9.73. The maximum Gasteiger partial charge on any atom is 0.126 e. The molecule has 2 aromatic heterocycles. The van der Waals surface area contributed by atoms with Crippen molar-refractivity contribution in [3.05, 3.63) is 82.9 Å². The first-order valence-electron chi connectivity index (χ1n) is 16.4. The molecule has 0 atom stereocenters. The Hall–Kier alpha value is -3.41. The minimum atomic E-state index is -0.0997. The van der Waals surface area contributed by atoms with Crippen molar-refractivity contribution in [2.24, 2.45) is 0 Å². The molecule has 251 valence electrons. The number of nitrogens with zero attached hydrogens (tertiary/aromatic N) is 2. The van der Waals surface area contributed by atoms with Crippen molar-refractivity contribution in [2.75, 3.05) is 14.2 Å². The summed E-state index contributed by atoms with van der Waals surface area (Å²) in [4.78, 5) is 10.7. The molecular weight excluding hydrogens is 623 g/mol. The van der Waals surface area contributed by atoms with Gasteiger partial charge in [-0.1, -0.05) is 107 Å². The Balaban J connectivity index is 0.00000500. The monoisotopic (exact) mass is 675 g/mol. The summed E-state index contributed by atoms with van der Waals surface area (Å²) in [6.07, 6.45) is 0. The van der Waals surface area contributed by atoms with Crippen LogP contribution in [0.2, 0.25) is 0 Å². The van der Waals surface area contributed by atoms with Crippen LogP contribution in [0.15, 0.2) is 60.7 Å². The van der Waals surface area contributed by atoms with E-state index in [0.717, 1.165) is 55.8 Å². The molecule has 2 heterocycles. The van der Waals surface area contributed by atoms with E-state index < -0.39 is 0 Å². The Morgan fingerprint density at radius 2 is 0.681 bits per heavy atom. The second-order valence-electron chi connectivity index (χ2n) is 16.8. The van der Waals surface area contributed by atoms with Crippen molar-refractivity contribution in [3.63, 3.8) is 0 Å². The summed E-state index contributed by atoms with van der Waals surface area (Å²) >= 11 is 0. The third-order valence-electron chi connectivity index (χ3n) is 8.93. The molecular formula is C42H52CoN2O2. The van der Waals surface area contributed by atoms with Gasteiger partial charge in [-0.05, 0) is 58.1 Å². The first-order chi connectivity index (χ1) is 21.2. The molecule has 4 nitrogen and oxygen atoms in total. The molecule has 0 aliphatic heterocycles. The summed E-state index contributed by atoms with van der Waals surface area (Å²) < 4.78 is 12.1. The maximum atomic E-state index is 6.04. The number of benzene rings is 3. The molecule has 0 spiro atoms. The third-order valence-corrected chi connectivity index (χ3v) is 8.93. The molecule has 0 aliphatic carbocycles. The molecule has 0 unspecified atom stereocenters. The van der Waals surface area contributed by atoms with Crippen LogP contribution in [0.25, 0.3) is 44.3 Å². The van der Waals surface area contributed by atoms with Crippen molar-refractivity contribution >= 4 is 21.8 Å². The van der Waals surface area contributed by atoms with Gasteiger partial charge in [-0.3, -0.25) is 0 Å². The minimum Gasteiger partial charge on any atom is -0.496 e. The van der Waals surface area contributed by atoms with Crippen molar-refractivity contribution in [1.29, 1.82) is 0 Å². The van der Waals surface area contributed by atoms with Crippen LogP contribution < -0.4 is 9.47 Å². The molecule has 47 heavy (non-hydrogen) atoms. The van der Waals surface area contributed by atoms with Gasteiger partial charge in [-0.25, -0.2) is 9.97 Å². The van der Waals surface area contributed by atoms with Crippen LogP contribution in [-0.2, 0) is 38.4 Å². The van der Waals surface area contributed by atoms with Gasteiger partial charge < -0.3 is 9.47 Å². The van der Waals surface area contributed by atoms with E-state index in [-0.39, 0.29) is 38.4 Å². The van der Waals surface area contributed by atoms with Gasteiger partial charge in [0.15, 0.2) is 0 Å². The maximum absolute atomic E-state index is 6.04. The first-order valence-corrected chi connectivity index (χ1v) is 16.4. The SMILES string of the molecule is COc1c(C(C)(C)C)cc(-c2ccc3ccc4ccc(-c5cc(C(C)(C)C)c(OC)c(C(C)(C)C)c5)nc4c3n2)cc1C(C)(C)C.[Co]. The second-order valence-corrected chi connectivity index (χ2v) is 16.8. The molecule has 0 N–H and O–H groups in total. The van der Waals surface area contributed by atoms with Crippen LogP contribution in [0, 0.1) is 0 Å². The molecule has 5 rings (SSSR count). The number of hydrogen-bond donors (Lipinski definition) is 0. The van der Waals surface area contributed by atoms with Crippen LogP contribution in [0.5, 0.6) is 11.5 Å². The third kappa shape index (κ3) is 7.07. The van der Waals surface area contributed by atoms with E-state index >= 15 is 0 Å². The average Bonchev–Trinajstić information content (AvgIpc) is 2.97. The Labute approximate surface area is 292 Å². The minimum absolute atomic E-state index is 0. The smallest absolute Gasteiger partial charge is 0.126 e. The molecule has 0 amide bonds. The molecule has 0 fully saturated rings. The van der Waals surface area contributed by atoms with E-state index in [4.69, 9.17) is 19.4 Å². The first kappa shape index (κ1) is 36.4. The van der Waals surface area contributed by atoms with E-state index in [1.165, 1.54) is 22.3 Å². The fraction of sp³-hybridized carbons (Fsp3) is 0.429. The normalized spacial score (nSPS) is 12.7. The van der Waals surface area contributed by atoms with Crippen LogP contribution >= 0.6 is 0 Å². The molecule has 0 bridgehead atoms. The quantitative estimate of drug-likeness (QED) is 0.178. The van der Waals surface area contributed by atoms with Crippen LogP contribution in [0.1, 0.15) is 105 Å². The number of ether oxygens (including phenoxy) is 2. The molecule has 0 saturated carbocycles. The Morgan fingerprint density at radius 3 is 0.915 bits per heavy atom. The number of pyridine rings is 2. The van der Waals surface area contributed by atoms with Gasteiger partial charge in [-0.2, -0.15) is 0 Å². The van der Waals surface area contributed by atoms with Crippen molar-refractivity contribution in [2.45, 2.75) is 105 Å². The van der Waals surface area contributed by atoms with E-state index in [2.05, 4.69) is 144 Å². The molecule has 0 saturated heterocycles. The standard InChI is InChI=1S/C42H52N2O2.Co/c1-39(2,3)29-21-27(22-30(37(29)45-13)40(4,5)6)33-19-17-25-15-16-26-18-20-34(44-36(26)35(25)43-33)28-23-31(41(7,8)9)38(46-14)32(24-28)42(10,11)12;/h15-24H,1-14H3;. The van der Waals surface area contributed by atoms with Crippen molar-refractivity contribution in [1.82, 2.24) is 9.97 Å². The summed E-state index contributed by atoms with van der Waals surface area (Å²) in [6, 6.07) is 21.9. The summed E-state index contributed by atoms with van der Waals surface area (Å²) in [6.45, 7) is 26.9. The van der Waals surface area contributed by atoms with E-state index in [1.807, 2.05) is 0 Å². The number of fused-ring (bicyclic) bond motifs is 3. The summed E-state index contributed by atoms with van der Waals surface area (Å²) in [5, 5.41) is 2.14. The predicted molar refractivity (Wildman–Crippen MR) is 196 cm³/mol. The topological polar surface area (TPSA) is 44.2 Å². The number of hydrogen-bond acceptors (Lipinski definition) is 4. The van der Waals surface area contributed by atoms with Crippen molar-refractivity contribution < 1.29 is 26.3 Å². The van der Waals surface area contributed by atoms with E-state index in [1.54, 1.807) is 14.2 Å². The number of methoxy groups -OCH3 is 2. The average molecular weight is 676 g/mol. The Bertz CT molecular complexity index is 1740. The largest absolute Gasteiger partial charge is 0.496 e. The van der Waals surface area contributed by atoms with Gasteiger partial charge in [0.25, 0.3) is 0 Å². The molecule has 0 aliphatic rings. The fourth-order valence-electron chi connectivity index (χ4n) is 6.31. The number of aromatic nitrogens is 2. The Morgan fingerprint density at radius 1 is 0.426 bits per heavy atom. The summed E-state index contributed by atoms with van der Waals surface area (Å²) in [5.41, 5.74) is 10.2. The molecule has 5 aromatic rings. The zero-order chi connectivity index (χ0) is 34.0. The van der Waals surface area contributed by atoms with Gasteiger partial charge in [-0.15, -0.1) is 0 Å². The van der Waals surface area contributed by atoms with E-state index in [0.29, 0.717) is 0 Å². The van der Waals surface area contributed by atoms with Crippen molar-refractivity contribution in [3.8, 4) is 34.0 Å². The summed E-state index contributed by atoms with van der Waals surface area (Å²) in [5.74, 6) is 1.93. The zero-order valence-corrected chi connectivity index (χ0v) is 31.9. The van der Waals surface area contributed by atoms with Gasteiger partial charge in [0.05, 0.1) is 36.6 Å². The fourth-order valence-corrected chi connectivity index (χ4v) is 6.31. The van der Waals surface area contributed by atoms with Crippen LogP contribution in [0.3, 0.4) is 0 Å². The van der Waals surface area contributed by atoms with Gasteiger partial charge in [0, 0.05) is 60.9 Å². The molecule has 5 heteroatoms. The predicted octanol–water partition coefficient (Wildman–Crippen LogP) is 11.3. The van der Waals surface area contributed by atoms with E-state index in [9.17, 15) is 0 Å².